The van der Waals surface area contributed by atoms with Crippen LogP contribution in [0, 0.1) is 11.8 Å². The largest absolute Gasteiger partial charge is 0.451 e. The quantitative estimate of drug-likeness (QED) is 0.151. The third-order valence-electron chi connectivity index (χ3n) is 3.18. The average molecular weight is 373 g/mol. The molecule has 1 aliphatic rings. The number of nitrogens with zero attached hydrogens (tertiary/aromatic N) is 1. The molecule has 2 amide bonds. The Morgan fingerprint density at radius 1 is 1.16 bits per heavy atom. The van der Waals surface area contributed by atoms with E-state index in [-0.39, 0.29) is 56.9 Å². The van der Waals surface area contributed by atoms with Crippen molar-refractivity contribution in [1.82, 2.24) is 4.90 Å². The minimum atomic E-state index is -0.468. The topological polar surface area (TPSA) is 91.4 Å². The lowest BCUT2D eigenvalue weighted by atomic mass is 10.4. The van der Waals surface area contributed by atoms with Crippen molar-refractivity contribution >= 4 is 27.0 Å². The minimum Gasteiger partial charge on any atom is -0.451 e. The summed E-state index contributed by atoms with van der Waals surface area (Å²) < 4.78 is 20.4. The predicted molar refractivity (Wildman–Crippen MR) is 91.7 cm³/mol. The van der Waals surface area contributed by atoms with Crippen LogP contribution in [0.15, 0.2) is 0 Å². The molecule has 1 heterocycles. The minimum absolute atomic E-state index is 0.0684. The molecule has 1 aliphatic heterocycles. The highest BCUT2D eigenvalue weighted by Gasteiger charge is 2.35. The normalized spacial score (nSPS) is 16.7. The molecule has 8 nitrogen and oxygen atoms in total. The zero-order chi connectivity index (χ0) is 18.5. The van der Waals surface area contributed by atoms with Crippen molar-refractivity contribution < 1.29 is 33.3 Å². The number of esters is 1. The van der Waals surface area contributed by atoms with Crippen LogP contribution in [0.5, 0.6) is 0 Å². The zero-order valence-electron chi connectivity index (χ0n) is 14.3. The lowest BCUT2D eigenvalue weighted by molar-refractivity contribution is -0.148. The summed E-state index contributed by atoms with van der Waals surface area (Å²) in [5.74, 6) is 4.42. The third kappa shape index (κ3) is 8.94. The molecule has 2 atom stereocenters. The maximum Gasteiger partial charge on any atom is 0.333 e. The standard InChI is InChI=1S/C16H24NO7P/c1-2-3-5-24-15(19)12-23-10-9-22-8-7-21-6-4-17-14(18)11-13(25)16(17)20/h13H,4-12,25H2,1H3. The number of imide groups is 1. The van der Waals surface area contributed by atoms with Crippen molar-refractivity contribution in [3.8, 4) is 11.8 Å². The number of rotatable bonds is 12. The van der Waals surface area contributed by atoms with Gasteiger partial charge in [0.15, 0.2) is 6.61 Å². The summed E-state index contributed by atoms with van der Waals surface area (Å²) in [7, 11) is 2.37. The first-order valence-corrected chi connectivity index (χ1v) is 8.61. The van der Waals surface area contributed by atoms with E-state index in [0.717, 1.165) is 0 Å². The summed E-state index contributed by atoms with van der Waals surface area (Å²) in [5, 5.41) is 0. The first-order chi connectivity index (χ1) is 12.1. The highest BCUT2D eigenvalue weighted by molar-refractivity contribution is 7.19. The fourth-order valence-electron chi connectivity index (χ4n) is 1.93. The van der Waals surface area contributed by atoms with Gasteiger partial charge < -0.3 is 18.9 Å². The van der Waals surface area contributed by atoms with Crippen molar-refractivity contribution in [3.63, 3.8) is 0 Å². The van der Waals surface area contributed by atoms with Gasteiger partial charge in [0, 0.05) is 6.42 Å². The van der Waals surface area contributed by atoms with E-state index in [0.29, 0.717) is 19.8 Å². The van der Waals surface area contributed by atoms with Crippen LogP contribution in [0.4, 0.5) is 0 Å². The first kappa shape index (κ1) is 21.5. The van der Waals surface area contributed by atoms with E-state index in [1.807, 2.05) is 0 Å². The van der Waals surface area contributed by atoms with E-state index in [9.17, 15) is 14.4 Å². The van der Waals surface area contributed by atoms with Crippen LogP contribution in [0.3, 0.4) is 0 Å². The number of carbonyl (C=O) groups excluding carboxylic acids is 3. The van der Waals surface area contributed by atoms with Gasteiger partial charge >= 0.3 is 5.97 Å². The highest BCUT2D eigenvalue weighted by atomic mass is 31.0. The van der Waals surface area contributed by atoms with Gasteiger partial charge in [-0.1, -0.05) is 5.92 Å². The fraction of sp³-hybridized carbons (Fsp3) is 0.688. The molecule has 2 unspecified atom stereocenters. The molecule has 25 heavy (non-hydrogen) atoms. The monoisotopic (exact) mass is 373 g/mol. The molecule has 0 saturated carbocycles. The Bertz CT molecular complexity index is 514. The van der Waals surface area contributed by atoms with Crippen molar-refractivity contribution in [2.24, 2.45) is 0 Å². The summed E-state index contributed by atoms with van der Waals surface area (Å²) in [6.45, 7) is 3.42. The Hall–Kier alpha value is -1.52. The lowest BCUT2D eigenvalue weighted by Crippen LogP contribution is -2.34. The summed E-state index contributed by atoms with van der Waals surface area (Å²) >= 11 is 0. The Morgan fingerprint density at radius 2 is 1.80 bits per heavy atom. The van der Waals surface area contributed by atoms with Gasteiger partial charge in [-0.3, -0.25) is 14.5 Å². The predicted octanol–water partition coefficient (Wildman–Crippen LogP) is -0.395. The first-order valence-electron chi connectivity index (χ1n) is 7.94. The molecule has 1 fully saturated rings. The molecule has 0 aromatic rings. The summed E-state index contributed by atoms with van der Waals surface area (Å²) in [6, 6.07) is 0. The Labute approximate surface area is 149 Å². The van der Waals surface area contributed by atoms with Crippen LogP contribution >= 0.6 is 9.24 Å². The third-order valence-corrected chi connectivity index (χ3v) is 3.70. The Balaban J connectivity index is 1.89. The number of likely N-dealkylation sites (tertiary alicyclic amines) is 1. The molecule has 9 heteroatoms. The van der Waals surface area contributed by atoms with Crippen LogP contribution < -0.4 is 0 Å². The van der Waals surface area contributed by atoms with Crippen LogP contribution in [-0.4, -0.2) is 81.1 Å². The van der Waals surface area contributed by atoms with Crippen LogP contribution in [0.1, 0.15) is 13.3 Å². The fourth-order valence-corrected chi connectivity index (χ4v) is 2.31. The van der Waals surface area contributed by atoms with E-state index in [2.05, 4.69) is 21.1 Å². The SMILES string of the molecule is CC#CCOC(=O)COCCOCCOCCN1C(=O)CC(P)C1=O. The van der Waals surface area contributed by atoms with Crippen LogP contribution in [-0.2, 0) is 33.3 Å². The molecule has 0 N–H and O–H groups in total. The molecule has 0 aromatic carbocycles. The second kappa shape index (κ2) is 12.8. The lowest BCUT2D eigenvalue weighted by Gasteiger charge is -2.14. The van der Waals surface area contributed by atoms with Crippen molar-refractivity contribution in [2.75, 3.05) is 52.8 Å². The Morgan fingerprint density at radius 3 is 2.40 bits per heavy atom. The summed E-state index contributed by atoms with van der Waals surface area (Å²) in [6.07, 6.45) is 0.242. The van der Waals surface area contributed by atoms with E-state index >= 15 is 0 Å². The van der Waals surface area contributed by atoms with Gasteiger partial charge in [0.25, 0.3) is 0 Å². The number of hydrogen-bond acceptors (Lipinski definition) is 7. The van der Waals surface area contributed by atoms with Gasteiger partial charge in [0.05, 0.1) is 45.2 Å². The molecule has 0 aliphatic carbocycles. The van der Waals surface area contributed by atoms with Gasteiger partial charge in [0.1, 0.15) is 6.61 Å². The Kier molecular flexibility index (Phi) is 11.0. The van der Waals surface area contributed by atoms with Gasteiger partial charge in [-0.25, -0.2) is 4.79 Å². The molecular weight excluding hydrogens is 349 g/mol. The molecule has 0 aromatic heterocycles. The van der Waals surface area contributed by atoms with E-state index < -0.39 is 5.97 Å². The van der Waals surface area contributed by atoms with E-state index in [1.165, 1.54) is 4.90 Å². The summed E-state index contributed by atoms with van der Waals surface area (Å²) in [5.41, 5.74) is -0.312. The van der Waals surface area contributed by atoms with Gasteiger partial charge in [-0.2, -0.15) is 0 Å². The van der Waals surface area contributed by atoms with Crippen molar-refractivity contribution in [1.29, 1.82) is 0 Å². The van der Waals surface area contributed by atoms with Gasteiger partial charge in [0.2, 0.25) is 11.8 Å². The van der Waals surface area contributed by atoms with Crippen LogP contribution in [0.2, 0.25) is 0 Å². The average Bonchev–Trinajstić information content (AvgIpc) is 2.82. The second-order valence-corrected chi connectivity index (χ2v) is 5.86. The molecule has 1 saturated heterocycles. The maximum absolute atomic E-state index is 11.7. The molecule has 0 spiro atoms. The molecule has 0 radical (unpaired) electrons. The second-order valence-electron chi connectivity index (χ2n) is 5.06. The number of hydrogen-bond donors (Lipinski definition) is 0. The summed E-state index contributed by atoms with van der Waals surface area (Å²) in [4.78, 5) is 35.6. The van der Waals surface area contributed by atoms with Crippen LogP contribution in [0.25, 0.3) is 0 Å². The molecule has 0 bridgehead atoms. The van der Waals surface area contributed by atoms with E-state index in [4.69, 9.17) is 18.9 Å². The van der Waals surface area contributed by atoms with Crippen molar-refractivity contribution in [2.45, 2.75) is 19.0 Å². The van der Waals surface area contributed by atoms with Gasteiger partial charge in [-0.15, -0.1) is 15.2 Å². The number of ether oxygens (including phenoxy) is 4. The highest BCUT2D eigenvalue weighted by Crippen LogP contribution is 2.19. The van der Waals surface area contributed by atoms with Crippen molar-refractivity contribution in [3.05, 3.63) is 0 Å². The number of amides is 2. The van der Waals surface area contributed by atoms with E-state index in [1.54, 1.807) is 6.92 Å². The zero-order valence-corrected chi connectivity index (χ0v) is 15.5. The smallest absolute Gasteiger partial charge is 0.333 e. The maximum atomic E-state index is 11.7. The molecular formula is C16H24NO7P. The number of carbonyl (C=O) groups is 3. The molecule has 1 rings (SSSR count). The van der Waals surface area contributed by atoms with Gasteiger partial charge in [-0.05, 0) is 6.92 Å². The molecule has 140 valence electrons.